The summed E-state index contributed by atoms with van der Waals surface area (Å²) in [7, 11) is 0. The topological polar surface area (TPSA) is 86.1 Å². The van der Waals surface area contributed by atoms with Gasteiger partial charge in [-0.25, -0.2) is 4.68 Å². The van der Waals surface area contributed by atoms with Crippen LogP contribution in [0.4, 0.5) is 5.69 Å². The molecule has 0 unspecified atom stereocenters. The number of ether oxygens (including phenoxy) is 1. The molecule has 0 aliphatic heterocycles. The Morgan fingerprint density at radius 3 is 2.66 bits per heavy atom. The third-order valence-corrected chi connectivity index (χ3v) is 6.70. The lowest BCUT2D eigenvalue weighted by Gasteiger charge is -2.10. The van der Waals surface area contributed by atoms with Gasteiger partial charge in [0.15, 0.2) is 4.83 Å². The van der Waals surface area contributed by atoms with Crippen LogP contribution in [-0.4, -0.2) is 20.9 Å². The Balaban J connectivity index is 1.24. The number of rotatable bonds is 6. The van der Waals surface area contributed by atoms with E-state index in [9.17, 15) is 9.59 Å². The quantitative estimate of drug-likeness (QED) is 0.485. The number of thiophene rings is 1. The highest BCUT2D eigenvalue weighted by molar-refractivity contribution is 7.18. The van der Waals surface area contributed by atoms with Gasteiger partial charge in [0.2, 0.25) is 5.91 Å². The third-order valence-electron chi connectivity index (χ3n) is 5.52. The highest BCUT2D eigenvalue weighted by Crippen LogP contribution is 2.33. The minimum Gasteiger partial charge on any atom is -0.489 e. The first-order valence-electron chi connectivity index (χ1n) is 10.6. The van der Waals surface area contributed by atoms with E-state index in [1.54, 1.807) is 35.6 Å². The van der Waals surface area contributed by atoms with Crippen molar-refractivity contribution < 1.29 is 9.53 Å². The molecule has 1 N–H and O–H groups in total. The van der Waals surface area contributed by atoms with Crippen LogP contribution in [0, 0.1) is 0 Å². The number of benzene rings is 2. The van der Waals surface area contributed by atoms with Crippen molar-refractivity contribution in [3.63, 3.8) is 0 Å². The van der Waals surface area contributed by atoms with Crippen LogP contribution in [-0.2, 0) is 30.8 Å². The summed E-state index contributed by atoms with van der Waals surface area (Å²) in [6, 6.07) is 17.0. The molecule has 0 saturated heterocycles. The molecular formula is C24H22N4O3S. The van der Waals surface area contributed by atoms with E-state index in [0.29, 0.717) is 28.3 Å². The molecule has 1 aliphatic carbocycles. The molecule has 4 aromatic rings. The van der Waals surface area contributed by atoms with Crippen LogP contribution in [0.3, 0.4) is 0 Å². The second-order valence-electron chi connectivity index (χ2n) is 7.79. The summed E-state index contributed by atoms with van der Waals surface area (Å²) >= 11 is 1.55. The number of aromatic nitrogens is 3. The number of hydrogen-bond donors (Lipinski definition) is 1. The van der Waals surface area contributed by atoms with Crippen molar-refractivity contribution in [1.29, 1.82) is 0 Å². The van der Waals surface area contributed by atoms with E-state index in [1.165, 1.54) is 4.88 Å². The van der Waals surface area contributed by atoms with Gasteiger partial charge in [0.05, 0.1) is 5.39 Å². The van der Waals surface area contributed by atoms with Crippen molar-refractivity contribution >= 4 is 33.1 Å². The fourth-order valence-electron chi connectivity index (χ4n) is 3.92. The van der Waals surface area contributed by atoms with Crippen LogP contribution in [0.5, 0.6) is 5.75 Å². The summed E-state index contributed by atoms with van der Waals surface area (Å²) in [4.78, 5) is 27.4. The molecule has 0 bridgehead atoms. The van der Waals surface area contributed by atoms with Gasteiger partial charge in [-0.05, 0) is 61.1 Å². The standard InChI is InChI=1S/C24H22N4O3S/c29-21(25-17-10-12-18(13-11-17)31-15-16-6-2-1-3-7-16)14-28-24(30)22-19-8-4-5-9-20(19)32-23(22)26-27-28/h1-3,6-7,10-13H,4-5,8-9,14-15H2,(H,25,29). The smallest absolute Gasteiger partial charge is 0.279 e. The number of amides is 1. The van der Waals surface area contributed by atoms with E-state index in [1.807, 2.05) is 30.3 Å². The van der Waals surface area contributed by atoms with Crippen molar-refractivity contribution in [2.75, 3.05) is 5.32 Å². The summed E-state index contributed by atoms with van der Waals surface area (Å²) < 4.78 is 6.92. The van der Waals surface area contributed by atoms with Crippen LogP contribution in [0.25, 0.3) is 10.2 Å². The molecule has 2 aromatic heterocycles. The van der Waals surface area contributed by atoms with Crippen LogP contribution < -0.4 is 15.6 Å². The van der Waals surface area contributed by atoms with Gasteiger partial charge in [-0.15, -0.1) is 16.4 Å². The average Bonchev–Trinajstić information content (AvgIpc) is 3.20. The Hall–Kier alpha value is -3.52. The van der Waals surface area contributed by atoms with Crippen molar-refractivity contribution in [3.8, 4) is 5.75 Å². The largest absolute Gasteiger partial charge is 0.489 e. The Morgan fingerprint density at radius 2 is 1.84 bits per heavy atom. The van der Waals surface area contributed by atoms with Crippen molar-refractivity contribution in [1.82, 2.24) is 15.0 Å². The molecule has 0 saturated carbocycles. The monoisotopic (exact) mass is 446 g/mol. The van der Waals surface area contributed by atoms with Gasteiger partial charge in [0, 0.05) is 10.6 Å². The molecule has 7 nitrogen and oxygen atoms in total. The van der Waals surface area contributed by atoms with E-state index in [-0.39, 0.29) is 18.0 Å². The van der Waals surface area contributed by atoms with E-state index < -0.39 is 0 Å². The summed E-state index contributed by atoms with van der Waals surface area (Å²) in [5.74, 6) is 0.379. The molecule has 1 amide bonds. The van der Waals surface area contributed by atoms with Gasteiger partial charge < -0.3 is 10.1 Å². The lowest BCUT2D eigenvalue weighted by molar-refractivity contribution is -0.117. The van der Waals surface area contributed by atoms with E-state index in [4.69, 9.17) is 4.74 Å². The Bertz CT molecular complexity index is 1310. The molecule has 162 valence electrons. The van der Waals surface area contributed by atoms with Crippen molar-refractivity contribution in [2.45, 2.75) is 38.8 Å². The van der Waals surface area contributed by atoms with E-state index in [2.05, 4.69) is 15.6 Å². The maximum absolute atomic E-state index is 13.0. The van der Waals surface area contributed by atoms with Gasteiger partial charge in [0.25, 0.3) is 5.56 Å². The van der Waals surface area contributed by atoms with Gasteiger partial charge in [-0.1, -0.05) is 35.5 Å². The zero-order valence-electron chi connectivity index (χ0n) is 17.4. The first-order valence-corrected chi connectivity index (χ1v) is 11.4. The number of carbonyl (C=O) groups is 1. The normalized spacial score (nSPS) is 13.0. The van der Waals surface area contributed by atoms with E-state index in [0.717, 1.165) is 41.5 Å². The SMILES string of the molecule is O=C(Cn1nnc2sc3c(c2c1=O)CCCC3)Nc1ccc(OCc2ccccc2)cc1. The molecule has 0 atom stereocenters. The molecule has 2 aromatic carbocycles. The Labute approximate surface area is 188 Å². The number of nitrogens with one attached hydrogen (secondary N) is 1. The van der Waals surface area contributed by atoms with Crippen LogP contribution in [0.15, 0.2) is 59.4 Å². The molecule has 0 spiro atoms. The van der Waals surface area contributed by atoms with Crippen LogP contribution in [0.1, 0.15) is 28.8 Å². The minimum atomic E-state index is -0.331. The number of nitrogens with zero attached hydrogens (tertiary/aromatic N) is 3. The summed E-state index contributed by atoms with van der Waals surface area (Å²) in [5, 5.41) is 11.6. The van der Waals surface area contributed by atoms with Gasteiger partial charge in [0.1, 0.15) is 18.9 Å². The fraction of sp³-hybridized carbons (Fsp3) is 0.250. The molecule has 0 radical (unpaired) electrons. The fourth-order valence-corrected chi connectivity index (χ4v) is 5.12. The minimum absolute atomic E-state index is 0.182. The molecule has 32 heavy (non-hydrogen) atoms. The number of carbonyl (C=O) groups excluding carboxylic acids is 1. The number of fused-ring (bicyclic) bond motifs is 3. The van der Waals surface area contributed by atoms with Gasteiger partial charge in [-0.3, -0.25) is 9.59 Å². The second-order valence-corrected chi connectivity index (χ2v) is 8.87. The predicted molar refractivity (Wildman–Crippen MR) is 124 cm³/mol. The average molecular weight is 447 g/mol. The number of hydrogen-bond acceptors (Lipinski definition) is 6. The van der Waals surface area contributed by atoms with Crippen LogP contribution >= 0.6 is 11.3 Å². The van der Waals surface area contributed by atoms with Crippen LogP contribution in [0.2, 0.25) is 0 Å². The zero-order chi connectivity index (χ0) is 21.9. The predicted octanol–water partition coefficient (Wildman–Crippen LogP) is 3.95. The maximum Gasteiger partial charge on any atom is 0.279 e. The second kappa shape index (κ2) is 8.92. The molecular weight excluding hydrogens is 424 g/mol. The first kappa shape index (κ1) is 20.4. The highest BCUT2D eigenvalue weighted by Gasteiger charge is 2.21. The highest BCUT2D eigenvalue weighted by atomic mass is 32.1. The number of aryl methyl sites for hydroxylation is 2. The van der Waals surface area contributed by atoms with E-state index >= 15 is 0 Å². The Kier molecular flexibility index (Phi) is 5.68. The molecule has 5 rings (SSSR count). The van der Waals surface area contributed by atoms with Gasteiger partial charge >= 0.3 is 0 Å². The summed E-state index contributed by atoms with van der Waals surface area (Å²) in [6.07, 6.45) is 4.09. The van der Waals surface area contributed by atoms with Gasteiger partial charge in [-0.2, -0.15) is 0 Å². The first-order chi connectivity index (χ1) is 15.7. The molecule has 8 heteroatoms. The third kappa shape index (κ3) is 4.27. The number of anilines is 1. The van der Waals surface area contributed by atoms with Crippen molar-refractivity contribution in [2.24, 2.45) is 0 Å². The Morgan fingerprint density at radius 1 is 1.06 bits per heavy atom. The molecule has 0 fully saturated rings. The lowest BCUT2D eigenvalue weighted by Crippen LogP contribution is -2.30. The molecule has 2 heterocycles. The maximum atomic E-state index is 13.0. The molecule has 1 aliphatic rings. The lowest BCUT2D eigenvalue weighted by atomic mass is 9.97. The zero-order valence-corrected chi connectivity index (χ0v) is 18.2. The summed E-state index contributed by atoms with van der Waals surface area (Å²) in [6.45, 7) is 0.293. The summed E-state index contributed by atoms with van der Waals surface area (Å²) in [5.41, 5.74) is 2.56. The van der Waals surface area contributed by atoms with Crippen molar-refractivity contribution in [3.05, 3.63) is 81.0 Å².